The van der Waals surface area contributed by atoms with E-state index >= 15 is 0 Å². The van der Waals surface area contributed by atoms with Crippen molar-refractivity contribution in [1.29, 1.82) is 0 Å². The Balaban J connectivity index is 1.95. The predicted molar refractivity (Wildman–Crippen MR) is 129 cm³/mol. The average molecular weight is 433 g/mol. The lowest BCUT2D eigenvalue weighted by Crippen LogP contribution is -2.44. The van der Waals surface area contributed by atoms with E-state index in [0.717, 1.165) is 22.5 Å². The summed E-state index contributed by atoms with van der Waals surface area (Å²) in [7, 11) is 0. The summed E-state index contributed by atoms with van der Waals surface area (Å²) < 4.78 is 1.89. The SMILES string of the molecule is Cc1ccc(-n2cc(-c3ccccc3)nc2NC(=O)CN(C(=O)C(C)C)C(C)C)cc1C. The van der Waals surface area contributed by atoms with Gasteiger partial charge in [-0.2, -0.15) is 0 Å². The zero-order valence-electron chi connectivity index (χ0n) is 19.7. The normalized spacial score (nSPS) is 11.1. The lowest BCUT2D eigenvalue weighted by atomic mass is 10.1. The molecule has 0 spiro atoms. The molecule has 2 amide bonds. The number of hydrogen-bond acceptors (Lipinski definition) is 3. The number of nitrogens with one attached hydrogen (secondary N) is 1. The number of hydrogen-bond donors (Lipinski definition) is 1. The van der Waals surface area contributed by atoms with Crippen LogP contribution in [0.2, 0.25) is 0 Å². The molecule has 0 aliphatic carbocycles. The van der Waals surface area contributed by atoms with Crippen molar-refractivity contribution >= 4 is 17.8 Å². The summed E-state index contributed by atoms with van der Waals surface area (Å²) in [6.45, 7) is 11.6. The van der Waals surface area contributed by atoms with E-state index in [1.807, 2.05) is 74.9 Å². The average Bonchev–Trinajstić information content (AvgIpc) is 3.17. The molecule has 0 radical (unpaired) electrons. The van der Waals surface area contributed by atoms with Crippen molar-refractivity contribution in [1.82, 2.24) is 14.5 Å². The number of benzene rings is 2. The number of carbonyl (C=O) groups is 2. The third-order valence-electron chi connectivity index (χ3n) is 5.51. The van der Waals surface area contributed by atoms with Crippen molar-refractivity contribution in [2.24, 2.45) is 5.92 Å². The monoisotopic (exact) mass is 432 g/mol. The number of amides is 2. The van der Waals surface area contributed by atoms with Gasteiger partial charge in [-0.25, -0.2) is 4.98 Å². The fourth-order valence-corrected chi connectivity index (χ4v) is 3.45. The first kappa shape index (κ1) is 23.3. The predicted octanol–water partition coefficient (Wildman–Crippen LogP) is 4.99. The number of rotatable bonds is 7. The quantitative estimate of drug-likeness (QED) is 0.572. The maximum atomic E-state index is 12.9. The van der Waals surface area contributed by atoms with Crippen LogP contribution in [0, 0.1) is 19.8 Å². The van der Waals surface area contributed by atoms with Gasteiger partial charge in [0.25, 0.3) is 0 Å². The highest BCUT2D eigenvalue weighted by Gasteiger charge is 2.23. The molecule has 6 nitrogen and oxygen atoms in total. The van der Waals surface area contributed by atoms with E-state index in [9.17, 15) is 9.59 Å². The Morgan fingerprint density at radius 2 is 1.69 bits per heavy atom. The van der Waals surface area contributed by atoms with Gasteiger partial charge in [-0.3, -0.25) is 19.5 Å². The number of carbonyl (C=O) groups excluding carboxylic acids is 2. The number of nitrogens with zero attached hydrogens (tertiary/aromatic N) is 3. The minimum Gasteiger partial charge on any atom is -0.331 e. The van der Waals surface area contributed by atoms with Gasteiger partial charge in [0.2, 0.25) is 17.8 Å². The Morgan fingerprint density at radius 3 is 2.28 bits per heavy atom. The van der Waals surface area contributed by atoms with Crippen molar-refractivity contribution in [3.8, 4) is 16.9 Å². The van der Waals surface area contributed by atoms with E-state index in [0.29, 0.717) is 5.95 Å². The van der Waals surface area contributed by atoms with Gasteiger partial charge in [0.05, 0.1) is 5.69 Å². The van der Waals surface area contributed by atoms with E-state index in [-0.39, 0.29) is 30.3 Å². The van der Waals surface area contributed by atoms with Crippen molar-refractivity contribution in [3.63, 3.8) is 0 Å². The molecule has 3 rings (SSSR count). The van der Waals surface area contributed by atoms with Crippen LogP contribution in [0.4, 0.5) is 5.95 Å². The molecular formula is C26H32N4O2. The van der Waals surface area contributed by atoms with Gasteiger partial charge in [0.1, 0.15) is 6.54 Å². The molecule has 168 valence electrons. The summed E-state index contributed by atoms with van der Waals surface area (Å²) in [5.74, 6) is -0.0640. The van der Waals surface area contributed by atoms with Crippen LogP contribution in [0.15, 0.2) is 54.7 Å². The van der Waals surface area contributed by atoms with Crippen LogP contribution in [-0.4, -0.2) is 38.9 Å². The van der Waals surface area contributed by atoms with Gasteiger partial charge in [-0.1, -0.05) is 50.2 Å². The molecular weight excluding hydrogens is 400 g/mol. The lowest BCUT2D eigenvalue weighted by molar-refractivity contribution is -0.139. The van der Waals surface area contributed by atoms with E-state index in [4.69, 9.17) is 4.98 Å². The third kappa shape index (κ3) is 5.25. The molecule has 1 aromatic heterocycles. The van der Waals surface area contributed by atoms with Crippen molar-refractivity contribution in [3.05, 3.63) is 65.9 Å². The van der Waals surface area contributed by atoms with E-state index in [2.05, 4.69) is 31.3 Å². The van der Waals surface area contributed by atoms with Gasteiger partial charge < -0.3 is 4.90 Å². The number of aromatic nitrogens is 2. The third-order valence-corrected chi connectivity index (χ3v) is 5.51. The first-order valence-corrected chi connectivity index (χ1v) is 11.0. The molecule has 1 heterocycles. The number of anilines is 1. The van der Waals surface area contributed by atoms with E-state index < -0.39 is 0 Å². The lowest BCUT2D eigenvalue weighted by Gasteiger charge is -2.27. The maximum absolute atomic E-state index is 12.9. The smallest absolute Gasteiger partial charge is 0.246 e. The second-order valence-electron chi connectivity index (χ2n) is 8.72. The summed E-state index contributed by atoms with van der Waals surface area (Å²) >= 11 is 0. The topological polar surface area (TPSA) is 67.2 Å². The van der Waals surface area contributed by atoms with Crippen LogP contribution < -0.4 is 5.32 Å². The summed E-state index contributed by atoms with van der Waals surface area (Å²) in [6, 6.07) is 15.9. The number of aryl methyl sites for hydroxylation is 2. The largest absolute Gasteiger partial charge is 0.331 e. The Morgan fingerprint density at radius 1 is 1.00 bits per heavy atom. The standard InChI is InChI=1S/C26H32N4O2/c1-17(2)25(32)29(18(3)4)16-24(31)28-26-27-23(21-10-8-7-9-11-21)15-30(26)22-13-12-19(5)20(6)14-22/h7-15,17-18H,16H2,1-6H3,(H,27,28,31). The second kappa shape index (κ2) is 9.81. The zero-order valence-corrected chi connectivity index (χ0v) is 19.7. The molecule has 0 bridgehead atoms. The Bertz CT molecular complexity index is 1100. The molecule has 32 heavy (non-hydrogen) atoms. The first-order chi connectivity index (χ1) is 15.2. The van der Waals surface area contributed by atoms with Crippen LogP contribution in [0.3, 0.4) is 0 Å². The minimum atomic E-state index is -0.275. The highest BCUT2D eigenvalue weighted by molar-refractivity contribution is 5.94. The van der Waals surface area contributed by atoms with Gasteiger partial charge >= 0.3 is 0 Å². The molecule has 0 aliphatic rings. The van der Waals surface area contributed by atoms with E-state index in [1.54, 1.807) is 4.90 Å². The van der Waals surface area contributed by atoms with Crippen molar-refractivity contribution < 1.29 is 9.59 Å². The molecule has 3 aromatic rings. The van der Waals surface area contributed by atoms with Crippen LogP contribution in [0.25, 0.3) is 16.9 Å². The van der Waals surface area contributed by atoms with E-state index in [1.165, 1.54) is 5.56 Å². The maximum Gasteiger partial charge on any atom is 0.246 e. The van der Waals surface area contributed by atoms with Crippen LogP contribution in [0.1, 0.15) is 38.8 Å². The molecule has 0 fully saturated rings. The summed E-state index contributed by atoms with van der Waals surface area (Å²) in [4.78, 5) is 31.8. The fourth-order valence-electron chi connectivity index (χ4n) is 3.45. The highest BCUT2D eigenvalue weighted by atomic mass is 16.2. The molecule has 6 heteroatoms. The van der Waals surface area contributed by atoms with Crippen LogP contribution in [0.5, 0.6) is 0 Å². The first-order valence-electron chi connectivity index (χ1n) is 11.0. The van der Waals surface area contributed by atoms with Gasteiger partial charge in [-0.15, -0.1) is 0 Å². The molecule has 0 unspecified atom stereocenters. The summed E-state index contributed by atoms with van der Waals surface area (Å²) in [5.41, 5.74) is 4.99. The molecule has 1 N–H and O–H groups in total. The molecule has 0 saturated carbocycles. The van der Waals surface area contributed by atoms with Crippen LogP contribution in [-0.2, 0) is 9.59 Å². The molecule has 2 aromatic carbocycles. The molecule has 0 aliphatic heterocycles. The summed E-state index contributed by atoms with van der Waals surface area (Å²) in [5, 5.41) is 2.93. The van der Waals surface area contributed by atoms with Gasteiger partial charge in [-0.05, 0) is 51.0 Å². The van der Waals surface area contributed by atoms with Crippen molar-refractivity contribution in [2.45, 2.75) is 47.6 Å². The highest BCUT2D eigenvalue weighted by Crippen LogP contribution is 2.25. The Labute approximate surface area is 190 Å². The Kier molecular flexibility index (Phi) is 7.13. The van der Waals surface area contributed by atoms with Gasteiger partial charge in [0.15, 0.2) is 0 Å². The van der Waals surface area contributed by atoms with Crippen LogP contribution >= 0.6 is 0 Å². The van der Waals surface area contributed by atoms with Gasteiger partial charge in [0, 0.05) is 29.4 Å². The second-order valence-corrected chi connectivity index (χ2v) is 8.72. The summed E-state index contributed by atoms with van der Waals surface area (Å²) in [6.07, 6.45) is 1.93. The molecule has 0 saturated heterocycles. The molecule has 0 atom stereocenters. The Hall–Kier alpha value is -3.41. The number of imidazole rings is 1. The minimum absolute atomic E-state index is 0.0187. The van der Waals surface area contributed by atoms with Crippen molar-refractivity contribution in [2.75, 3.05) is 11.9 Å². The zero-order chi connectivity index (χ0) is 23.4. The fraction of sp³-hybridized carbons (Fsp3) is 0.346.